The van der Waals surface area contributed by atoms with Crippen molar-refractivity contribution in [2.75, 3.05) is 5.32 Å². The molecule has 2 rings (SSSR count). The van der Waals surface area contributed by atoms with Gasteiger partial charge < -0.3 is 10.6 Å². The minimum atomic E-state index is -0.206. The lowest BCUT2D eigenvalue weighted by Crippen LogP contribution is -2.31. The van der Waals surface area contributed by atoms with Gasteiger partial charge in [0, 0.05) is 18.1 Å². The summed E-state index contributed by atoms with van der Waals surface area (Å²) < 4.78 is 0. The molecule has 0 bridgehead atoms. The number of aryl methyl sites for hydroxylation is 1. The lowest BCUT2D eigenvalue weighted by atomic mass is 10.1. The standard InChI is InChI=1S/C16H19N3O/c1-11-5-4-6-15(12(11)2)19-16(20)18-13(3)14-7-9-17-10-8-14/h4-10,13H,1-3H3,(H2,18,19,20). The van der Waals surface area contributed by atoms with E-state index in [1.165, 1.54) is 0 Å². The van der Waals surface area contributed by atoms with Crippen molar-refractivity contribution in [3.8, 4) is 0 Å². The van der Waals surface area contributed by atoms with Gasteiger partial charge in [0.2, 0.25) is 0 Å². The van der Waals surface area contributed by atoms with Crippen LogP contribution in [0.4, 0.5) is 10.5 Å². The quantitative estimate of drug-likeness (QED) is 0.894. The second-order valence-corrected chi connectivity index (χ2v) is 4.85. The molecule has 1 unspecified atom stereocenters. The van der Waals surface area contributed by atoms with Crippen LogP contribution in [0.15, 0.2) is 42.7 Å². The first-order valence-corrected chi connectivity index (χ1v) is 6.61. The van der Waals surface area contributed by atoms with Gasteiger partial charge in [0.1, 0.15) is 0 Å². The SMILES string of the molecule is Cc1cccc(NC(=O)NC(C)c2ccncc2)c1C. The van der Waals surface area contributed by atoms with Crippen LogP contribution in [0.1, 0.15) is 29.7 Å². The van der Waals surface area contributed by atoms with Gasteiger partial charge in [0.05, 0.1) is 6.04 Å². The van der Waals surface area contributed by atoms with Crippen molar-refractivity contribution in [3.63, 3.8) is 0 Å². The molecule has 2 amide bonds. The summed E-state index contributed by atoms with van der Waals surface area (Å²) >= 11 is 0. The highest BCUT2D eigenvalue weighted by Gasteiger charge is 2.10. The number of anilines is 1. The number of nitrogens with zero attached hydrogens (tertiary/aromatic N) is 1. The van der Waals surface area contributed by atoms with Gasteiger partial charge in [-0.1, -0.05) is 12.1 Å². The Morgan fingerprint density at radius 2 is 1.85 bits per heavy atom. The molecule has 4 heteroatoms. The highest BCUT2D eigenvalue weighted by Crippen LogP contribution is 2.18. The van der Waals surface area contributed by atoms with E-state index in [2.05, 4.69) is 15.6 Å². The first-order chi connectivity index (χ1) is 9.58. The van der Waals surface area contributed by atoms with Gasteiger partial charge in [-0.05, 0) is 55.7 Å². The number of aromatic nitrogens is 1. The summed E-state index contributed by atoms with van der Waals surface area (Å²) in [5.74, 6) is 0. The number of rotatable bonds is 3. The maximum Gasteiger partial charge on any atom is 0.319 e. The van der Waals surface area contributed by atoms with E-state index in [4.69, 9.17) is 0 Å². The normalized spacial score (nSPS) is 11.8. The highest BCUT2D eigenvalue weighted by molar-refractivity contribution is 5.90. The van der Waals surface area contributed by atoms with Crippen LogP contribution < -0.4 is 10.6 Å². The molecule has 2 aromatic rings. The van der Waals surface area contributed by atoms with E-state index in [1.54, 1.807) is 12.4 Å². The van der Waals surface area contributed by atoms with Gasteiger partial charge in [-0.2, -0.15) is 0 Å². The summed E-state index contributed by atoms with van der Waals surface area (Å²) in [5, 5.41) is 5.80. The van der Waals surface area contributed by atoms with Gasteiger partial charge in [0.15, 0.2) is 0 Å². The second-order valence-electron chi connectivity index (χ2n) is 4.85. The molecule has 0 aliphatic rings. The molecule has 20 heavy (non-hydrogen) atoms. The molecular weight excluding hydrogens is 250 g/mol. The second kappa shape index (κ2) is 6.19. The fourth-order valence-electron chi connectivity index (χ4n) is 1.98. The molecule has 4 nitrogen and oxygen atoms in total. The van der Waals surface area contributed by atoms with E-state index in [0.717, 1.165) is 22.4 Å². The van der Waals surface area contributed by atoms with Gasteiger partial charge >= 0.3 is 6.03 Å². The van der Waals surface area contributed by atoms with Gasteiger partial charge in [-0.3, -0.25) is 4.98 Å². The molecule has 0 fully saturated rings. The minimum Gasteiger partial charge on any atom is -0.331 e. The first kappa shape index (κ1) is 14.1. The number of carbonyl (C=O) groups excluding carboxylic acids is 1. The molecule has 1 atom stereocenters. The Balaban J connectivity index is 2.01. The predicted molar refractivity (Wildman–Crippen MR) is 80.7 cm³/mol. The number of carbonyl (C=O) groups is 1. The molecule has 0 aliphatic heterocycles. The molecule has 1 heterocycles. The Labute approximate surface area is 119 Å². The number of nitrogens with one attached hydrogen (secondary N) is 2. The molecule has 0 spiro atoms. The van der Waals surface area contributed by atoms with Crippen molar-refractivity contribution < 1.29 is 4.79 Å². The zero-order valence-electron chi connectivity index (χ0n) is 12.0. The van der Waals surface area contributed by atoms with Crippen LogP contribution in [-0.2, 0) is 0 Å². The molecule has 0 saturated heterocycles. The van der Waals surface area contributed by atoms with E-state index < -0.39 is 0 Å². The predicted octanol–water partition coefficient (Wildman–Crippen LogP) is 3.58. The van der Waals surface area contributed by atoms with Crippen LogP contribution in [0.2, 0.25) is 0 Å². The summed E-state index contributed by atoms with van der Waals surface area (Å²) in [6.45, 7) is 5.97. The third kappa shape index (κ3) is 3.35. The van der Waals surface area contributed by atoms with Crippen molar-refractivity contribution in [3.05, 3.63) is 59.4 Å². The average Bonchev–Trinajstić information content (AvgIpc) is 2.45. The molecule has 2 N–H and O–H groups in total. The van der Waals surface area contributed by atoms with Gasteiger partial charge in [0.25, 0.3) is 0 Å². The van der Waals surface area contributed by atoms with E-state index in [1.807, 2.05) is 51.1 Å². The highest BCUT2D eigenvalue weighted by atomic mass is 16.2. The summed E-state index contributed by atoms with van der Waals surface area (Å²) in [6, 6.07) is 9.37. The molecule has 1 aromatic heterocycles. The molecule has 0 aliphatic carbocycles. The Hall–Kier alpha value is -2.36. The van der Waals surface area contributed by atoms with Crippen LogP contribution in [0, 0.1) is 13.8 Å². The first-order valence-electron chi connectivity index (χ1n) is 6.61. The number of benzene rings is 1. The number of pyridine rings is 1. The van der Waals surface area contributed by atoms with E-state index in [9.17, 15) is 4.79 Å². The largest absolute Gasteiger partial charge is 0.331 e. The number of urea groups is 1. The summed E-state index contributed by atoms with van der Waals surface area (Å²) in [4.78, 5) is 16.0. The fraction of sp³-hybridized carbons (Fsp3) is 0.250. The molecule has 104 valence electrons. The van der Waals surface area contributed by atoms with Crippen LogP contribution in [0.5, 0.6) is 0 Å². The van der Waals surface area contributed by atoms with Gasteiger partial charge in [-0.25, -0.2) is 4.79 Å². The Kier molecular flexibility index (Phi) is 4.35. The molecule has 0 saturated carbocycles. The number of hydrogen-bond donors (Lipinski definition) is 2. The lowest BCUT2D eigenvalue weighted by molar-refractivity contribution is 0.249. The maximum atomic E-state index is 12.0. The third-order valence-corrected chi connectivity index (χ3v) is 3.41. The smallest absolute Gasteiger partial charge is 0.319 e. The monoisotopic (exact) mass is 269 g/mol. The zero-order valence-corrected chi connectivity index (χ0v) is 12.0. The maximum absolute atomic E-state index is 12.0. The van der Waals surface area contributed by atoms with Crippen molar-refractivity contribution in [2.45, 2.75) is 26.8 Å². The number of amides is 2. The van der Waals surface area contributed by atoms with E-state index in [-0.39, 0.29) is 12.1 Å². The van der Waals surface area contributed by atoms with Crippen molar-refractivity contribution in [1.29, 1.82) is 0 Å². The fourth-order valence-corrected chi connectivity index (χ4v) is 1.98. The third-order valence-electron chi connectivity index (χ3n) is 3.41. The molecule has 0 radical (unpaired) electrons. The van der Waals surface area contributed by atoms with Crippen molar-refractivity contribution in [1.82, 2.24) is 10.3 Å². The minimum absolute atomic E-state index is 0.0666. The topological polar surface area (TPSA) is 54.0 Å². The Morgan fingerprint density at radius 3 is 2.55 bits per heavy atom. The van der Waals surface area contributed by atoms with Crippen molar-refractivity contribution in [2.24, 2.45) is 0 Å². The van der Waals surface area contributed by atoms with E-state index >= 15 is 0 Å². The number of hydrogen-bond acceptors (Lipinski definition) is 2. The summed E-state index contributed by atoms with van der Waals surface area (Å²) in [6.07, 6.45) is 3.44. The van der Waals surface area contributed by atoms with Crippen molar-refractivity contribution >= 4 is 11.7 Å². The van der Waals surface area contributed by atoms with Crippen LogP contribution in [-0.4, -0.2) is 11.0 Å². The average molecular weight is 269 g/mol. The Bertz CT molecular complexity index is 596. The van der Waals surface area contributed by atoms with Crippen LogP contribution >= 0.6 is 0 Å². The Morgan fingerprint density at radius 1 is 1.15 bits per heavy atom. The summed E-state index contributed by atoms with van der Waals surface area (Å²) in [5.41, 5.74) is 4.10. The molecular formula is C16H19N3O. The van der Waals surface area contributed by atoms with Crippen LogP contribution in [0.3, 0.4) is 0 Å². The van der Waals surface area contributed by atoms with Gasteiger partial charge in [-0.15, -0.1) is 0 Å². The van der Waals surface area contributed by atoms with Crippen LogP contribution in [0.25, 0.3) is 0 Å². The van der Waals surface area contributed by atoms with E-state index in [0.29, 0.717) is 0 Å². The molecule has 1 aromatic carbocycles. The lowest BCUT2D eigenvalue weighted by Gasteiger charge is -2.16. The zero-order chi connectivity index (χ0) is 14.5. The summed E-state index contributed by atoms with van der Waals surface area (Å²) in [7, 11) is 0.